The van der Waals surface area contributed by atoms with Crippen molar-refractivity contribution in [2.75, 3.05) is 18.6 Å². The number of aromatic nitrogens is 1. The average molecular weight is 224 g/mol. The van der Waals surface area contributed by atoms with Gasteiger partial charge in [-0.3, -0.25) is 4.98 Å². The van der Waals surface area contributed by atoms with E-state index in [-0.39, 0.29) is 0 Å². The second-order valence-corrected chi connectivity index (χ2v) is 4.66. The Bertz CT molecular complexity index is 276. The summed E-state index contributed by atoms with van der Waals surface area (Å²) < 4.78 is 0. The Morgan fingerprint density at radius 2 is 2.27 bits per heavy atom. The molecule has 0 radical (unpaired) electrons. The quantitative estimate of drug-likeness (QED) is 0.721. The van der Waals surface area contributed by atoms with Gasteiger partial charge in [-0.1, -0.05) is 0 Å². The summed E-state index contributed by atoms with van der Waals surface area (Å²) in [6.07, 6.45) is 8.52. The Labute approximate surface area is 96.9 Å². The molecule has 1 aromatic heterocycles. The van der Waals surface area contributed by atoms with Crippen molar-refractivity contribution in [3.63, 3.8) is 0 Å². The first-order valence-corrected chi connectivity index (χ1v) is 6.83. The number of nitrogens with one attached hydrogen (secondary N) is 1. The van der Waals surface area contributed by atoms with E-state index in [0.29, 0.717) is 0 Å². The second kappa shape index (κ2) is 7.71. The van der Waals surface area contributed by atoms with E-state index in [0.717, 1.165) is 13.1 Å². The lowest BCUT2D eigenvalue weighted by Gasteiger charge is -2.06. The monoisotopic (exact) mass is 224 g/mol. The predicted molar refractivity (Wildman–Crippen MR) is 68.3 cm³/mol. The summed E-state index contributed by atoms with van der Waals surface area (Å²) >= 11 is 1.92. The van der Waals surface area contributed by atoms with Gasteiger partial charge < -0.3 is 5.32 Å². The van der Waals surface area contributed by atoms with Crippen LogP contribution >= 0.6 is 11.8 Å². The fourth-order valence-corrected chi connectivity index (χ4v) is 1.89. The number of thioether (sulfide) groups is 1. The van der Waals surface area contributed by atoms with E-state index < -0.39 is 0 Å². The fourth-order valence-electron chi connectivity index (χ4n) is 1.40. The highest BCUT2D eigenvalue weighted by atomic mass is 32.2. The van der Waals surface area contributed by atoms with Crippen molar-refractivity contribution in [2.45, 2.75) is 26.3 Å². The molecule has 0 atom stereocenters. The first-order chi connectivity index (χ1) is 7.34. The molecule has 1 N–H and O–H groups in total. The minimum atomic E-state index is 0.943. The van der Waals surface area contributed by atoms with E-state index >= 15 is 0 Å². The highest BCUT2D eigenvalue weighted by molar-refractivity contribution is 7.98. The van der Waals surface area contributed by atoms with Crippen molar-refractivity contribution in [1.82, 2.24) is 10.3 Å². The molecule has 0 aromatic carbocycles. The number of unbranched alkanes of at least 4 members (excludes halogenated alkanes) is 1. The van der Waals surface area contributed by atoms with Crippen LogP contribution in [0.4, 0.5) is 0 Å². The van der Waals surface area contributed by atoms with Gasteiger partial charge in [0.25, 0.3) is 0 Å². The molecular formula is C12H20N2S. The minimum Gasteiger partial charge on any atom is -0.313 e. The topological polar surface area (TPSA) is 24.9 Å². The van der Waals surface area contributed by atoms with Gasteiger partial charge in [0.05, 0.1) is 0 Å². The van der Waals surface area contributed by atoms with E-state index in [1.807, 2.05) is 24.2 Å². The molecule has 0 saturated heterocycles. The number of hydrogen-bond donors (Lipinski definition) is 1. The number of pyridine rings is 1. The SMILES string of the molecule is CSCCCCNCc1cnccc1C. The molecule has 0 spiro atoms. The molecule has 0 amide bonds. The second-order valence-electron chi connectivity index (χ2n) is 3.68. The van der Waals surface area contributed by atoms with E-state index in [9.17, 15) is 0 Å². The van der Waals surface area contributed by atoms with Gasteiger partial charge in [0, 0.05) is 18.9 Å². The van der Waals surface area contributed by atoms with Crippen LogP contribution in [0, 0.1) is 6.92 Å². The molecule has 0 aliphatic rings. The third kappa shape index (κ3) is 5.19. The Morgan fingerprint density at radius 1 is 1.40 bits per heavy atom. The Hall–Kier alpha value is -0.540. The maximum absolute atomic E-state index is 4.13. The van der Waals surface area contributed by atoms with Crippen molar-refractivity contribution in [3.05, 3.63) is 29.6 Å². The summed E-state index contributed by atoms with van der Waals surface area (Å²) in [4.78, 5) is 4.13. The zero-order chi connectivity index (χ0) is 10.9. The summed E-state index contributed by atoms with van der Waals surface area (Å²) in [5, 5.41) is 3.45. The molecule has 0 fully saturated rings. The van der Waals surface area contributed by atoms with Crippen LogP contribution in [0.15, 0.2) is 18.5 Å². The molecule has 84 valence electrons. The molecule has 2 nitrogen and oxygen atoms in total. The Morgan fingerprint density at radius 3 is 3.00 bits per heavy atom. The summed E-state index contributed by atoms with van der Waals surface area (Å²) in [5.41, 5.74) is 2.63. The van der Waals surface area contributed by atoms with Crippen LogP contribution in [0.2, 0.25) is 0 Å². The molecular weight excluding hydrogens is 204 g/mol. The van der Waals surface area contributed by atoms with Crippen molar-refractivity contribution in [3.8, 4) is 0 Å². The molecule has 0 bridgehead atoms. The summed E-state index contributed by atoms with van der Waals surface area (Å²) in [6.45, 7) is 4.18. The number of aryl methyl sites for hydroxylation is 1. The minimum absolute atomic E-state index is 0.943. The predicted octanol–water partition coefficient (Wildman–Crippen LogP) is 2.62. The molecule has 0 aliphatic heterocycles. The van der Waals surface area contributed by atoms with Crippen LogP contribution in [0.25, 0.3) is 0 Å². The first kappa shape index (κ1) is 12.5. The lowest BCUT2D eigenvalue weighted by atomic mass is 10.1. The van der Waals surface area contributed by atoms with E-state index in [2.05, 4.69) is 29.5 Å². The van der Waals surface area contributed by atoms with Gasteiger partial charge in [-0.05, 0) is 55.5 Å². The molecule has 0 unspecified atom stereocenters. The third-order valence-corrected chi connectivity index (χ3v) is 3.11. The molecule has 1 aromatic rings. The van der Waals surface area contributed by atoms with Crippen LogP contribution < -0.4 is 5.32 Å². The average Bonchev–Trinajstić information content (AvgIpc) is 2.25. The smallest absolute Gasteiger partial charge is 0.0315 e. The van der Waals surface area contributed by atoms with Crippen molar-refractivity contribution in [2.24, 2.45) is 0 Å². The highest BCUT2D eigenvalue weighted by Crippen LogP contribution is 2.04. The van der Waals surface area contributed by atoms with Crippen LogP contribution in [-0.2, 0) is 6.54 Å². The van der Waals surface area contributed by atoms with E-state index in [1.165, 1.54) is 29.7 Å². The van der Waals surface area contributed by atoms with Gasteiger partial charge >= 0.3 is 0 Å². The third-order valence-electron chi connectivity index (χ3n) is 2.41. The highest BCUT2D eigenvalue weighted by Gasteiger charge is 1.96. The maximum atomic E-state index is 4.13. The molecule has 0 saturated carbocycles. The van der Waals surface area contributed by atoms with Crippen molar-refractivity contribution < 1.29 is 0 Å². The van der Waals surface area contributed by atoms with E-state index in [4.69, 9.17) is 0 Å². The molecule has 15 heavy (non-hydrogen) atoms. The van der Waals surface area contributed by atoms with Crippen molar-refractivity contribution >= 4 is 11.8 Å². The van der Waals surface area contributed by atoms with Crippen LogP contribution in [-0.4, -0.2) is 23.5 Å². The summed E-state index contributed by atoms with van der Waals surface area (Å²) in [5.74, 6) is 1.27. The fraction of sp³-hybridized carbons (Fsp3) is 0.583. The Balaban J connectivity index is 2.12. The molecule has 3 heteroatoms. The van der Waals surface area contributed by atoms with Crippen LogP contribution in [0.3, 0.4) is 0 Å². The zero-order valence-electron chi connectivity index (χ0n) is 9.62. The van der Waals surface area contributed by atoms with Crippen molar-refractivity contribution in [1.29, 1.82) is 0 Å². The molecule has 1 heterocycles. The zero-order valence-corrected chi connectivity index (χ0v) is 10.4. The standard InChI is InChI=1S/C12H20N2S/c1-11-5-7-14-10-12(11)9-13-6-3-4-8-15-2/h5,7,10,13H,3-4,6,8-9H2,1-2H3. The Kier molecular flexibility index (Phi) is 6.44. The van der Waals surface area contributed by atoms with E-state index in [1.54, 1.807) is 0 Å². The number of nitrogens with zero attached hydrogens (tertiary/aromatic N) is 1. The van der Waals surface area contributed by atoms with Gasteiger partial charge in [0.2, 0.25) is 0 Å². The number of rotatable bonds is 7. The first-order valence-electron chi connectivity index (χ1n) is 5.43. The van der Waals surface area contributed by atoms with Crippen LogP contribution in [0.5, 0.6) is 0 Å². The van der Waals surface area contributed by atoms with Gasteiger partial charge in [0.1, 0.15) is 0 Å². The van der Waals surface area contributed by atoms with Gasteiger partial charge in [-0.15, -0.1) is 0 Å². The van der Waals surface area contributed by atoms with Gasteiger partial charge in [-0.2, -0.15) is 11.8 Å². The largest absolute Gasteiger partial charge is 0.313 e. The summed E-state index contributed by atoms with van der Waals surface area (Å²) in [6, 6.07) is 2.06. The maximum Gasteiger partial charge on any atom is 0.0315 e. The lowest BCUT2D eigenvalue weighted by Crippen LogP contribution is -2.15. The number of hydrogen-bond acceptors (Lipinski definition) is 3. The normalized spacial score (nSPS) is 10.5. The van der Waals surface area contributed by atoms with Crippen LogP contribution in [0.1, 0.15) is 24.0 Å². The lowest BCUT2D eigenvalue weighted by molar-refractivity contribution is 0.641. The van der Waals surface area contributed by atoms with Gasteiger partial charge in [-0.25, -0.2) is 0 Å². The molecule has 1 rings (SSSR count). The van der Waals surface area contributed by atoms with Gasteiger partial charge in [0.15, 0.2) is 0 Å². The summed E-state index contributed by atoms with van der Waals surface area (Å²) in [7, 11) is 0. The molecule has 0 aliphatic carbocycles.